The Hall–Kier alpha value is -0.890. The van der Waals surface area contributed by atoms with Gasteiger partial charge in [0.1, 0.15) is 5.82 Å². The Morgan fingerprint density at radius 2 is 2.18 bits per heavy atom. The topological polar surface area (TPSA) is 12.0 Å². The van der Waals surface area contributed by atoms with Gasteiger partial charge in [-0.1, -0.05) is 13.0 Å². The van der Waals surface area contributed by atoms with E-state index in [2.05, 4.69) is 19.2 Å². The minimum absolute atomic E-state index is 0.0993. The quantitative estimate of drug-likeness (QED) is 0.768. The molecular formula is C15H22FN. The zero-order valence-corrected chi connectivity index (χ0v) is 10.8. The number of hydrogen-bond donors (Lipinski definition) is 1. The molecule has 0 amide bonds. The van der Waals surface area contributed by atoms with E-state index in [0.29, 0.717) is 11.8 Å². The summed E-state index contributed by atoms with van der Waals surface area (Å²) in [4.78, 5) is 0. The summed E-state index contributed by atoms with van der Waals surface area (Å²) in [7, 11) is 0. The van der Waals surface area contributed by atoms with Gasteiger partial charge < -0.3 is 5.32 Å². The van der Waals surface area contributed by atoms with Crippen molar-refractivity contribution < 1.29 is 4.39 Å². The van der Waals surface area contributed by atoms with Crippen LogP contribution in [0.5, 0.6) is 0 Å². The Morgan fingerprint density at radius 3 is 2.82 bits per heavy atom. The third-order valence-corrected chi connectivity index (χ3v) is 3.89. The van der Waals surface area contributed by atoms with Crippen molar-refractivity contribution in [2.75, 3.05) is 13.1 Å². The summed E-state index contributed by atoms with van der Waals surface area (Å²) >= 11 is 0. The summed E-state index contributed by atoms with van der Waals surface area (Å²) in [5, 5.41) is 3.48. The summed E-state index contributed by atoms with van der Waals surface area (Å²) in [6.07, 6.45) is 3.66. The molecule has 94 valence electrons. The Balaban J connectivity index is 1.99. The molecule has 2 unspecified atom stereocenters. The SMILES string of the molecule is CCCNCC1CCC1c1cc(F)ccc1C. The molecule has 0 heterocycles. The van der Waals surface area contributed by atoms with Crippen LogP contribution in [0.4, 0.5) is 4.39 Å². The average Bonchev–Trinajstić information content (AvgIpc) is 2.28. The molecule has 1 N–H and O–H groups in total. The molecule has 0 aliphatic heterocycles. The highest BCUT2D eigenvalue weighted by Crippen LogP contribution is 2.43. The molecule has 2 atom stereocenters. The zero-order chi connectivity index (χ0) is 12.3. The second-order valence-electron chi connectivity index (χ2n) is 5.15. The molecule has 2 heteroatoms. The van der Waals surface area contributed by atoms with Gasteiger partial charge >= 0.3 is 0 Å². The number of aryl methyl sites for hydroxylation is 1. The first-order valence-corrected chi connectivity index (χ1v) is 6.69. The largest absolute Gasteiger partial charge is 0.316 e. The second kappa shape index (κ2) is 5.63. The van der Waals surface area contributed by atoms with Crippen molar-refractivity contribution in [3.63, 3.8) is 0 Å². The number of nitrogens with one attached hydrogen (secondary N) is 1. The molecular weight excluding hydrogens is 213 g/mol. The Kier molecular flexibility index (Phi) is 4.16. The molecule has 1 saturated carbocycles. The van der Waals surface area contributed by atoms with E-state index in [9.17, 15) is 4.39 Å². The van der Waals surface area contributed by atoms with Crippen molar-refractivity contribution in [3.8, 4) is 0 Å². The zero-order valence-electron chi connectivity index (χ0n) is 10.8. The summed E-state index contributed by atoms with van der Waals surface area (Å²) in [6.45, 7) is 6.44. The van der Waals surface area contributed by atoms with Crippen LogP contribution >= 0.6 is 0 Å². The first-order chi connectivity index (χ1) is 8.22. The number of hydrogen-bond acceptors (Lipinski definition) is 1. The van der Waals surface area contributed by atoms with Crippen LogP contribution in [0.25, 0.3) is 0 Å². The molecule has 1 aliphatic rings. The maximum absolute atomic E-state index is 13.3. The van der Waals surface area contributed by atoms with Gasteiger partial charge in [-0.15, -0.1) is 0 Å². The predicted molar refractivity (Wildman–Crippen MR) is 69.8 cm³/mol. The number of halogens is 1. The molecule has 0 bridgehead atoms. The van der Waals surface area contributed by atoms with Crippen LogP contribution in [0, 0.1) is 18.7 Å². The number of benzene rings is 1. The van der Waals surface area contributed by atoms with Gasteiger partial charge in [-0.3, -0.25) is 0 Å². The fourth-order valence-electron chi connectivity index (χ4n) is 2.70. The van der Waals surface area contributed by atoms with Crippen LogP contribution in [0.3, 0.4) is 0 Å². The van der Waals surface area contributed by atoms with E-state index >= 15 is 0 Å². The van der Waals surface area contributed by atoms with E-state index < -0.39 is 0 Å². The van der Waals surface area contributed by atoms with Gasteiger partial charge in [-0.25, -0.2) is 4.39 Å². The van der Waals surface area contributed by atoms with Gasteiger partial charge in [-0.05, 0) is 74.4 Å². The third-order valence-electron chi connectivity index (χ3n) is 3.89. The number of rotatable bonds is 5. The van der Waals surface area contributed by atoms with Crippen LogP contribution in [0.15, 0.2) is 18.2 Å². The van der Waals surface area contributed by atoms with E-state index in [1.807, 2.05) is 6.07 Å². The average molecular weight is 235 g/mol. The fraction of sp³-hybridized carbons (Fsp3) is 0.600. The van der Waals surface area contributed by atoms with Gasteiger partial charge in [0.05, 0.1) is 0 Å². The van der Waals surface area contributed by atoms with Gasteiger partial charge in [0, 0.05) is 0 Å². The molecule has 0 spiro atoms. The summed E-state index contributed by atoms with van der Waals surface area (Å²) in [6, 6.07) is 5.19. The lowest BCUT2D eigenvalue weighted by molar-refractivity contribution is 0.245. The second-order valence-corrected chi connectivity index (χ2v) is 5.15. The van der Waals surface area contributed by atoms with Crippen molar-refractivity contribution in [3.05, 3.63) is 35.1 Å². The van der Waals surface area contributed by atoms with Crippen molar-refractivity contribution in [2.24, 2.45) is 5.92 Å². The lowest BCUT2D eigenvalue weighted by atomic mass is 9.69. The fourth-order valence-corrected chi connectivity index (χ4v) is 2.70. The first kappa shape index (κ1) is 12.6. The lowest BCUT2D eigenvalue weighted by Gasteiger charge is -2.38. The summed E-state index contributed by atoms with van der Waals surface area (Å²) < 4.78 is 13.3. The highest BCUT2D eigenvalue weighted by atomic mass is 19.1. The molecule has 17 heavy (non-hydrogen) atoms. The molecule has 1 aromatic carbocycles. The Bertz CT molecular complexity index is 375. The molecule has 0 aromatic heterocycles. The Labute approximate surface area is 103 Å². The Morgan fingerprint density at radius 1 is 1.35 bits per heavy atom. The summed E-state index contributed by atoms with van der Waals surface area (Å²) in [5.74, 6) is 1.16. The van der Waals surface area contributed by atoms with Gasteiger partial charge in [-0.2, -0.15) is 0 Å². The maximum Gasteiger partial charge on any atom is 0.123 e. The molecule has 2 rings (SSSR count). The van der Waals surface area contributed by atoms with Gasteiger partial charge in [0.2, 0.25) is 0 Å². The first-order valence-electron chi connectivity index (χ1n) is 6.69. The van der Waals surface area contributed by atoms with E-state index in [1.165, 1.54) is 30.4 Å². The van der Waals surface area contributed by atoms with E-state index in [1.54, 1.807) is 12.1 Å². The van der Waals surface area contributed by atoms with Crippen LogP contribution in [-0.2, 0) is 0 Å². The molecule has 0 radical (unpaired) electrons. The molecule has 1 nitrogen and oxygen atoms in total. The highest BCUT2D eigenvalue weighted by Gasteiger charge is 2.32. The normalized spacial score (nSPS) is 23.5. The van der Waals surface area contributed by atoms with Gasteiger partial charge in [0.25, 0.3) is 0 Å². The van der Waals surface area contributed by atoms with E-state index in [-0.39, 0.29) is 5.82 Å². The predicted octanol–water partition coefficient (Wildman–Crippen LogP) is 3.63. The van der Waals surface area contributed by atoms with Crippen molar-refractivity contribution in [1.29, 1.82) is 0 Å². The molecule has 0 saturated heterocycles. The van der Waals surface area contributed by atoms with Crippen molar-refractivity contribution in [2.45, 2.75) is 39.0 Å². The smallest absolute Gasteiger partial charge is 0.123 e. The van der Waals surface area contributed by atoms with Gasteiger partial charge in [0.15, 0.2) is 0 Å². The van der Waals surface area contributed by atoms with Crippen LogP contribution in [0.2, 0.25) is 0 Å². The van der Waals surface area contributed by atoms with Crippen LogP contribution in [-0.4, -0.2) is 13.1 Å². The van der Waals surface area contributed by atoms with Crippen LogP contribution < -0.4 is 5.32 Å². The molecule has 1 aliphatic carbocycles. The minimum atomic E-state index is -0.0993. The minimum Gasteiger partial charge on any atom is -0.316 e. The molecule has 1 aromatic rings. The van der Waals surface area contributed by atoms with Crippen molar-refractivity contribution >= 4 is 0 Å². The van der Waals surface area contributed by atoms with E-state index in [4.69, 9.17) is 0 Å². The van der Waals surface area contributed by atoms with E-state index in [0.717, 1.165) is 13.1 Å². The molecule has 1 fully saturated rings. The third kappa shape index (κ3) is 2.86. The highest BCUT2D eigenvalue weighted by molar-refractivity contribution is 5.32. The lowest BCUT2D eigenvalue weighted by Crippen LogP contribution is -2.34. The van der Waals surface area contributed by atoms with Crippen molar-refractivity contribution in [1.82, 2.24) is 5.32 Å². The van der Waals surface area contributed by atoms with Crippen LogP contribution in [0.1, 0.15) is 43.2 Å². The standard InChI is InChI=1S/C15H22FN/c1-3-8-17-10-12-5-7-14(12)15-9-13(16)6-4-11(15)2/h4,6,9,12,14,17H,3,5,7-8,10H2,1-2H3. The maximum atomic E-state index is 13.3. The summed E-state index contributed by atoms with van der Waals surface area (Å²) in [5.41, 5.74) is 2.45. The monoisotopic (exact) mass is 235 g/mol.